The standard InChI is InChI=1S/C20H25N5O4/c1-3-29-19(26)13-8-10-25(11-9-13)18-16(21)17(22-12-23-18)24-15-7-5-4-6-14(15)20(27)28-2/h4-7,12-13H,3,8-11,21H2,1-2H3,(H,22,23,24). The number of para-hydroxylation sites is 1. The van der Waals surface area contributed by atoms with Gasteiger partial charge in [-0.15, -0.1) is 0 Å². The average Bonchev–Trinajstić information content (AvgIpc) is 2.75. The second-order valence-corrected chi connectivity index (χ2v) is 6.64. The van der Waals surface area contributed by atoms with Gasteiger partial charge in [0, 0.05) is 13.1 Å². The molecule has 0 unspecified atom stereocenters. The number of nitrogens with two attached hydrogens (primary N) is 1. The molecular weight excluding hydrogens is 374 g/mol. The fourth-order valence-electron chi connectivity index (χ4n) is 3.33. The second kappa shape index (κ2) is 9.22. The maximum absolute atomic E-state index is 12.0. The number of nitrogen functional groups attached to an aromatic ring is 1. The summed E-state index contributed by atoms with van der Waals surface area (Å²) in [6, 6.07) is 6.96. The third-order valence-corrected chi connectivity index (χ3v) is 4.86. The summed E-state index contributed by atoms with van der Waals surface area (Å²) >= 11 is 0. The van der Waals surface area contributed by atoms with Gasteiger partial charge in [-0.2, -0.15) is 0 Å². The van der Waals surface area contributed by atoms with Crippen molar-refractivity contribution in [2.24, 2.45) is 5.92 Å². The smallest absolute Gasteiger partial charge is 0.339 e. The molecule has 0 aliphatic carbocycles. The van der Waals surface area contributed by atoms with E-state index < -0.39 is 5.97 Å². The topological polar surface area (TPSA) is 120 Å². The summed E-state index contributed by atoms with van der Waals surface area (Å²) in [7, 11) is 1.33. The minimum atomic E-state index is -0.456. The summed E-state index contributed by atoms with van der Waals surface area (Å²) in [6.45, 7) is 3.48. The minimum absolute atomic E-state index is 0.0983. The molecule has 3 N–H and O–H groups in total. The molecule has 2 heterocycles. The van der Waals surface area contributed by atoms with Crippen LogP contribution in [0, 0.1) is 5.92 Å². The van der Waals surface area contributed by atoms with E-state index in [4.69, 9.17) is 15.2 Å². The molecular formula is C20H25N5O4. The van der Waals surface area contributed by atoms with Crippen molar-refractivity contribution >= 4 is 34.9 Å². The zero-order valence-corrected chi connectivity index (χ0v) is 16.6. The van der Waals surface area contributed by atoms with Gasteiger partial charge in [0.25, 0.3) is 0 Å². The van der Waals surface area contributed by atoms with Gasteiger partial charge in [-0.1, -0.05) is 12.1 Å². The number of hydrogen-bond donors (Lipinski definition) is 2. The molecule has 9 heteroatoms. The lowest BCUT2D eigenvalue weighted by Gasteiger charge is -2.32. The Morgan fingerprint density at radius 2 is 1.97 bits per heavy atom. The molecule has 0 bridgehead atoms. The number of carbonyl (C=O) groups is 2. The van der Waals surface area contributed by atoms with Crippen molar-refractivity contribution in [1.29, 1.82) is 0 Å². The van der Waals surface area contributed by atoms with Crippen molar-refractivity contribution in [3.63, 3.8) is 0 Å². The van der Waals surface area contributed by atoms with Gasteiger partial charge < -0.3 is 25.4 Å². The van der Waals surface area contributed by atoms with E-state index in [9.17, 15) is 9.59 Å². The van der Waals surface area contributed by atoms with Gasteiger partial charge in [0.15, 0.2) is 11.6 Å². The Morgan fingerprint density at radius 3 is 2.66 bits per heavy atom. The van der Waals surface area contributed by atoms with Crippen LogP contribution in [0.5, 0.6) is 0 Å². The number of carbonyl (C=O) groups excluding carboxylic acids is 2. The first kappa shape index (κ1) is 20.4. The number of rotatable bonds is 6. The highest BCUT2D eigenvalue weighted by atomic mass is 16.5. The molecule has 1 aromatic carbocycles. The molecule has 0 saturated carbocycles. The van der Waals surface area contributed by atoms with Crippen LogP contribution in [0.2, 0.25) is 0 Å². The van der Waals surface area contributed by atoms with Crippen molar-refractivity contribution in [3.8, 4) is 0 Å². The van der Waals surface area contributed by atoms with E-state index in [1.54, 1.807) is 24.3 Å². The van der Waals surface area contributed by atoms with Gasteiger partial charge in [0.1, 0.15) is 12.0 Å². The number of esters is 2. The van der Waals surface area contributed by atoms with Crippen LogP contribution < -0.4 is 16.0 Å². The number of anilines is 4. The summed E-state index contributed by atoms with van der Waals surface area (Å²) in [6.07, 6.45) is 2.78. The zero-order valence-electron chi connectivity index (χ0n) is 16.6. The van der Waals surface area contributed by atoms with Gasteiger partial charge in [0.05, 0.1) is 30.9 Å². The van der Waals surface area contributed by atoms with E-state index in [2.05, 4.69) is 15.3 Å². The summed E-state index contributed by atoms with van der Waals surface area (Å²) < 4.78 is 9.94. The first-order chi connectivity index (χ1) is 14.0. The highest BCUT2D eigenvalue weighted by Gasteiger charge is 2.28. The van der Waals surface area contributed by atoms with Crippen LogP contribution in [0.1, 0.15) is 30.1 Å². The van der Waals surface area contributed by atoms with Gasteiger partial charge >= 0.3 is 11.9 Å². The molecule has 2 aromatic rings. The first-order valence-electron chi connectivity index (χ1n) is 9.51. The number of nitrogens with one attached hydrogen (secondary N) is 1. The van der Waals surface area contributed by atoms with Crippen molar-refractivity contribution in [2.75, 3.05) is 42.8 Å². The number of methoxy groups -OCH3 is 1. The fraction of sp³-hybridized carbons (Fsp3) is 0.400. The predicted octanol–water partition coefficient (Wildman–Crippen LogP) is 2.37. The molecule has 154 valence electrons. The Labute approximate surface area is 169 Å². The molecule has 1 aromatic heterocycles. The Morgan fingerprint density at radius 1 is 1.24 bits per heavy atom. The molecule has 9 nitrogen and oxygen atoms in total. The fourth-order valence-corrected chi connectivity index (χ4v) is 3.33. The van der Waals surface area contributed by atoms with E-state index in [1.807, 2.05) is 11.8 Å². The number of hydrogen-bond acceptors (Lipinski definition) is 9. The largest absolute Gasteiger partial charge is 0.466 e. The molecule has 0 atom stereocenters. The van der Waals surface area contributed by atoms with Crippen LogP contribution in [-0.2, 0) is 14.3 Å². The summed E-state index contributed by atoms with van der Waals surface area (Å²) in [5.74, 6) is 0.296. The summed E-state index contributed by atoms with van der Waals surface area (Å²) in [5, 5.41) is 3.10. The van der Waals surface area contributed by atoms with E-state index in [0.29, 0.717) is 61.1 Å². The Hall–Kier alpha value is -3.36. The van der Waals surface area contributed by atoms with E-state index in [1.165, 1.54) is 13.4 Å². The molecule has 1 saturated heterocycles. The molecule has 1 fully saturated rings. The molecule has 1 aliphatic rings. The highest BCUT2D eigenvalue weighted by Crippen LogP contribution is 2.32. The molecule has 0 spiro atoms. The lowest BCUT2D eigenvalue weighted by Crippen LogP contribution is -2.37. The third-order valence-electron chi connectivity index (χ3n) is 4.86. The van der Waals surface area contributed by atoms with Crippen LogP contribution in [0.15, 0.2) is 30.6 Å². The third kappa shape index (κ3) is 4.56. The van der Waals surface area contributed by atoms with Crippen LogP contribution in [0.25, 0.3) is 0 Å². The van der Waals surface area contributed by atoms with Crippen LogP contribution in [0.3, 0.4) is 0 Å². The van der Waals surface area contributed by atoms with Crippen molar-refractivity contribution < 1.29 is 19.1 Å². The predicted molar refractivity (Wildman–Crippen MR) is 109 cm³/mol. The number of nitrogens with zero attached hydrogens (tertiary/aromatic N) is 3. The van der Waals surface area contributed by atoms with Crippen LogP contribution in [0.4, 0.5) is 23.0 Å². The SMILES string of the molecule is CCOC(=O)C1CCN(c2ncnc(Nc3ccccc3C(=O)OC)c2N)CC1. The molecule has 1 aliphatic heterocycles. The normalized spacial score (nSPS) is 14.3. The van der Waals surface area contributed by atoms with E-state index >= 15 is 0 Å². The van der Waals surface area contributed by atoms with Crippen LogP contribution >= 0.6 is 0 Å². The summed E-state index contributed by atoms with van der Waals surface area (Å²) in [5.41, 5.74) is 7.62. The lowest BCUT2D eigenvalue weighted by atomic mass is 9.97. The van der Waals surface area contributed by atoms with Crippen LogP contribution in [-0.4, -0.2) is 48.7 Å². The quantitative estimate of drug-likeness (QED) is 0.705. The maximum atomic E-state index is 12.0. The van der Waals surface area contributed by atoms with Gasteiger partial charge in [-0.05, 0) is 31.9 Å². The average molecular weight is 399 g/mol. The van der Waals surface area contributed by atoms with Crippen molar-refractivity contribution in [2.45, 2.75) is 19.8 Å². The van der Waals surface area contributed by atoms with E-state index in [0.717, 1.165) is 0 Å². The van der Waals surface area contributed by atoms with Gasteiger partial charge in [-0.3, -0.25) is 4.79 Å². The lowest BCUT2D eigenvalue weighted by molar-refractivity contribution is -0.148. The first-order valence-corrected chi connectivity index (χ1v) is 9.51. The number of piperidine rings is 1. The minimum Gasteiger partial charge on any atom is -0.466 e. The number of benzene rings is 1. The van der Waals surface area contributed by atoms with Gasteiger partial charge in [-0.25, -0.2) is 14.8 Å². The van der Waals surface area contributed by atoms with Crippen molar-refractivity contribution in [3.05, 3.63) is 36.2 Å². The monoisotopic (exact) mass is 399 g/mol. The molecule has 0 radical (unpaired) electrons. The Kier molecular flexibility index (Phi) is 6.48. The summed E-state index contributed by atoms with van der Waals surface area (Å²) in [4.78, 5) is 34.5. The highest BCUT2D eigenvalue weighted by molar-refractivity contribution is 5.97. The van der Waals surface area contributed by atoms with E-state index in [-0.39, 0.29) is 11.9 Å². The second-order valence-electron chi connectivity index (χ2n) is 6.64. The maximum Gasteiger partial charge on any atom is 0.339 e. The van der Waals surface area contributed by atoms with Crippen molar-refractivity contribution in [1.82, 2.24) is 9.97 Å². The molecule has 3 rings (SSSR count). The Bertz CT molecular complexity index is 881. The Balaban J connectivity index is 1.76. The number of ether oxygens (including phenoxy) is 2. The number of aromatic nitrogens is 2. The van der Waals surface area contributed by atoms with Gasteiger partial charge in [0.2, 0.25) is 0 Å². The molecule has 29 heavy (non-hydrogen) atoms. The zero-order chi connectivity index (χ0) is 20.8. The molecule has 0 amide bonds.